The molecule has 0 aliphatic rings. The molecule has 3 aromatic carbocycles. The number of fused-ring (bicyclic) bond motifs is 2. The third-order valence-corrected chi connectivity index (χ3v) is 4.67. The van der Waals surface area contributed by atoms with Gasteiger partial charge < -0.3 is 9.47 Å². The van der Waals surface area contributed by atoms with Crippen molar-refractivity contribution >= 4 is 33.6 Å². The summed E-state index contributed by atoms with van der Waals surface area (Å²) in [5.41, 5.74) is 6.75. The number of aromatic nitrogens is 1. The highest BCUT2D eigenvalue weighted by Crippen LogP contribution is 2.28. The van der Waals surface area contributed by atoms with Gasteiger partial charge in [-0.1, -0.05) is 30.3 Å². The molecule has 0 atom stereocenters. The number of anilines is 1. The monoisotopic (exact) mass is 371 g/mol. The predicted octanol–water partition coefficient (Wildman–Crippen LogP) is 5.16. The molecule has 0 aliphatic heterocycles. The van der Waals surface area contributed by atoms with E-state index in [1.54, 1.807) is 20.4 Å². The van der Waals surface area contributed by atoms with E-state index in [0.29, 0.717) is 0 Å². The average Bonchev–Trinajstić information content (AvgIpc) is 2.73. The lowest BCUT2D eigenvalue weighted by molar-refractivity contribution is 0.415. The quantitative estimate of drug-likeness (QED) is 0.389. The van der Waals surface area contributed by atoms with E-state index in [1.165, 1.54) is 0 Å². The van der Waals surface area contributed by atoms with Crippen molar-refractivity contribution in [3.63, 3.8) is 0 Å². The third-order valence-electron chi connectivity index (χ3n) is 4.67. The summed E-state index contributed by atoms with van der Waals surface area (Å²) in [6, 6.07) is 20.0. The van der Waals surface area contributed by atoms with Crippen molar-refractivity contribution in [3.8, 4) is 11.5 Å². The van der Waals surface area contributed by atoms with Crippen LogP contribution in [0.15, 0.2) is 65.8 Å². The largest absolute Gasteiger partial charge is 0.497 e. The number of methoxy groups -OCH3 is 2. The Balaban J connectivity index is 1.72. The van der Waals surface area contributed by atoms with Gasteiger partial charge in [0.15, 0.2) is 0 Å². The van der Waals surface area contributed by atoms with E-state index in [0.717, 1.165) is 50.1 Å². The molecular formula is C23H21N3O2. The summed E-state index contributed by atoms with van der Waals surface area (Å²) in [6.07, 6.45) is 1.80. The summed E-state index contributed by atoms with van der Waals surface area (Å²) in [6.45, 7) is 1.96. The van der Waals surface area contributed by atoms with E-state index in [-0.39, 0.29) is 0 Å². The molecule has 4 rings (SSSR count). The minimum Gasteiger partial charge on any atom is -0.497 e. The first-order chi connectivity index (χ1) is 13.7. The maximum atomic E-state index is 5.53. The van der Waals surface area contributed by atoms with E-state index in [1.807, 2.05) is 55.5 Å². The molecule has 0 saturated carbocycles. The molecule has 0 bridgehead atoms. The van der Waals surface area contributed by atoms with Crippen LogP contribution in [0.1, 0.15) is 11.3 Å². The highest BCUT2D eigenvalue weighted by atomic mass is 16.5. The fraction of sp³-hybridized carbons (Fsp3) is 0.130. The molecule has 0 radical (unpaired) electrons. The predicted molar refractivity (Wildman–Crippen MR) is 115 cm³/mol. The Labute approximate surface area is 163 Å². The zero-order valence-corrected chi connectivity index (χ0v) is 16.1. The van der Waals surface area contributed by atoms with Gasteiger partial charge in [0, 0.05) is 22.7 Å². The molecule has 28 heavy (non-hydrogen) atoms. The normalized spacial score (nSPS) is 11.2. The van der Waals surface area contributed by atoms with E-state index in [4.69, 9.17) is 9.47 Å². The molecule has 0 aliphatic carbocycles. The van der Waals surface area contributed by atoms with Crippen molar-refractivity contribution in [2.75, 3.05) is 19.6 Å². The van der Waals surface area contributed by atoms with Crippen LogP contribution < -0.4 is 14.9 Å². The van der Waals surface area contributed by atoms with Crippen molar-refractivity contribution in [2.45, 2.75) is 6.92 Å². The highest BCUT2D eigenvalue weighted by Gasteiger charge is 2.07. The highest BCUT2D eigenvalue weighted by molar-refractivity contribution is 6.03. The lowest BCUT2D eigenvalue weighted by Crippen LogP contribution is -1.97. The molecule has 0 unspecified atom stereocenters. The lowest BCUT2D eigenvalue weighted by atomic mass is 10.0. The summed E-state index contributed by atoms with van der Waals surface area (Å²) >= 11 is 0. The number of hydrogen-bond donors (Lipinski definition) is 1. The van der Waals surface area contributed by atoms with Gasteiger partial charge in [0.1, 0.15) is 11.5 Å². The van der Waals surface area contributed by atoms with Gasteiger partial charge in [-0.2, -0.15) is 5.10 Å². The molecule has 0 saturated heterocycles. The van der Waals surface area contributed by atoms with Gasteiger partial charge in [-0.05, 0) is 42.0 Å². The van der Waals surface area contributed by atoms with Crippen LogP contribution in [0.2, 0.25) is 0 Å². The Morgan fingerprint density at radius 3 is 2.61 bits per heavy atom. The topological polar surface area (TPSA) is 55.7 Å². The van der Waals surface area contributed by atoms with Gasteiger partial charge in [-0.25, -0.2) is 0 Å². The van der Waals surface area contributed by atoms with Crippen LogP contribution in [-0.2, 0) is 0 Å². The van der Waals surface area contributed by atoms with Crippen molar-refractivity contribution in [1.29, 1.82) is 0 Å². The summed E-state index contributed by atoms with van der Waals surface area (Å²) in [5.74, 6) is 1.56. The van der Waals surface area contributed by atoms with Crippen molar-refractivity contribution < 1.29 is 9.47 Å². The van der Waals surface area contributed by atoms with Crippen molar-refractivity contribution in [3.05, 3.63) is 71.9 Å². The molecule has 1 aromatic heterocycles. The van der Waals surface area contributed by atoms with Crippen molar-refractivity contribution in [1.82, 2.24) is 4.98 Å². The fourth-order valence-corrected chi connectivity index (χ4v) is 3.31. The second-order valence-electron chi connectivity index (χ2n) is 6.47. The number of benzene rings is 3. The van der Waals surface area contributed by atoms with Crippen LogP contribution in [0.3, 0.4) is 0 Å². The Hall–Kier alpha value is -3.60. The number of ether oxygens (including phenoxy) is 2. The number of hydrazone groups is 1. The van der Waals surface area contributed by atoms with Gasteiger partial charge in [0.2, 0.25) is 0 Å². The van der Waals surface area contributed by atoms with Crippen molar-refractivity contribution in [2.24, 2.45) is 5.10 Å². The van der Waals surface area contributed by atoms with Crippen LogP contribution in [0.4, 0.5) is 5.69 Å². The molecule has 5 heteroatoms. The molecule has 0 fully saturated rings. The Kier molecular flexibility index (Phi) is 4.81. The molecule has 5 nitrogen and oxygen atoms in total. The van der Waals surface area contributed by atoms with Gasteiger partial charge >= 0.3 is 0 Å². The van der Waals surface area contributed by atoms with Crippen LogP contribution >= 0.6 is 0 Å². The van der Waals surface area contributed by atoms with E-state index in [2.05, 4.69) is 27.6 Å². The van der Waals surface area contributed by atoms with Gasteiger partial charge in [0.05, 0.1) is 31.6 Å². The fourth-order valence-electron chi connectivity index (χ4n) is 3.31. The van der Waals surface area contributed by atoms with E-state index < -0.39 is 0 Å². The van der Waals surface area contributed by atoms with Crippen LogP contribution in [-0.4, -0.2) is 25.4 Å². The Morgan fingerprint density at radius 1 is 0.929 bits per heavy atom. The maximum absolute atomic E-state index is 5.53. The standard InChI is InChI=1S/C23H21N3O2/c1-15-12-22(19-10-9-17(27-2)13-21(19)25-15)26-24-14-20-18-7-5-4-6-16(18)8-11-23(20)28-3/h4-14H,1-3H3,(H,25,26). The first kappa shape index (κ1) is 17.8. The van der Waals surface area contributed by atoms with Crippen LogP contribution in [0, 0.1) is 6.92 Å². The van der Waals surface area contributed by atoms with E-state index >= 15 is 0 Å². The zero-order chi connectivity index (χ0) is 19.5. The summed E-state index contributed by atoms with van der Waals surface area (Å²) in [7, 11) is 3.32. The molecule has 1 heterocycles. The number of nitrogens with zero attached hydrogens (tertiary/aromatic N) is 2. The smallest absolute Gasteiger partial charge is 0.128 e. The Morgan fingerprint density at radius 2 is 1.79 bits per heavy atom. The lowest BCUT2D eigenvalue weighted by Gasteiger charge is -2.10. The minimum absolute atomic E-state index is 0.778. The number of rotatable bonds is 5. The molecular weight excluding hydrogens is 350 g/mol. The molecule has 4 aromatic rings. The number of nitrogens with one attached hydrogen (secondary N) is 1. The summed E-state index contributed by atoms with van der Waals surface area (Å²) in [5, 5.41) is 7.70. The summed E-state index contributed by atoms with van der Waals surface area (Å²) in [4.78, 5) is 4.59. The van der Waals surface area contributed by atoms with Crippen LogP contribution in [0.25, 0.3) is 21.7 Å². The number of hydrogen-bond acceptors (Lipinski definition) is 5. The Bertz CT molecular complexity index is 1190. The number of pyridine rings is 1. The summed E-state index contributed by atoms with van der Waals surface area (Å²) < 4.78 is 10.8. The molecule has 0 spiro atoms. The average molecular weight is 371 g/mol. The maximum Gasteiger partial charge on any atom is 0.128 e. The van der Waals surface area contributed by atoms with Gasteiger partial charge in [-0.3, -0.25) is 10.4 Å². The van der Waals surface area contributed by atoms with Gasteiger partial charge in [-0.15, -0.1) is 0 Å². The third kappa shape index (κ3) is 3.34. The van der Waals surface area contributed by atoms with Gasteiger partial charge in [0.25, 0.3) is 0 Å². The second-order valence-corrected chi connectivity index (χ2v) is 6.47. The molecule has 0 amide bonds. The molecule has 140 valence electrons. The zero-order valence-electron chi connectivity index (χ0n) is 16.1. The van der Waals surface area contributed by atoms with Crippen LogP contribution in [0.5, 0.6) is 11.5 Å². The number of aryl methyl sites for hydroxylation is 1. The first-order valence-corrected chi connectivity index (χ1v) is 9.00. The first-order valence-electron chi connectivity index (χ1n) is 9.00. The molecule has 1 N–H and O–H groups in total. The van der Waals surface area contributed by atoms with E-state index in [9.17, 15) is 0 Å². The SMILES string of the molecule is COc1ccc2c(NN=Cc3c(OC)ccc4ccccc34)cc(C)nc2c1. The second kappa shape index (κ2) is 7.56. The minimum atomic E-state index is 0.778.